The first-order valence-corrected chi connectivity index (χ1v) is 17.4. The van der Waals surface area contributed by atoms with Gasteiger partial charge in [-0.05, 0) is 70.6 Å². The smallest absolute Gasteiger partial charge is 0.143 e. The Morgan fingerprint density at radius 2 is 1.12 bits per heavy atom. The Balaban J connectivity index is 1.20. The number of nitrogens with zero attached hydrogens (tertiary/aromatic N) is 1. The number of thiophene rings is 1. The van der Waals surface area contributed by atoms with Crippen LogP contribution in [0.5, 0.6) is 0 Å². The van der Waals surface area contributed by atoms with Crippen molar-refractivity contribution in [1.29, 1.82) is 0 Å². The molecule has 230 valence electrons. The number of furan rings is 1. The maximum absolute atomic E-state index is 6.57. The molecule has 0 spiro atoms. The van der Waals surface area contributed by atoms with E-state index in [1.165, 1.54) is 36.7 Å². The molecule has 0 fully saturated rings. The molecule has 10 rings (SSSR count). The van der Waals surface area contributed by atoms with E-state index in [4.69, 9.17) is 4.42 Å². The summed E-state index contributed by atoms with van der Waals surface area (Å²) in [6, 6.07) is 63.2. The summed E-state index contributed by atoms with van der Waals surface area (Å²) in [7, 11) is 0. The number of hydrogen-bond donors (Lipinski definition) is 0. The maximum Gasteiger partial charge on any atom is 0.143 e. The lowest BCUT2D eigenvalue weighted by Crippen LogP contribution is -2.11. The average Bonchev–Trinajstić information content (AvgIpc) is 3.74. The van der Waals surface area contributed by atoms with Crippen LogP contribution in [-0.2, 0) is 0 Å². The number of para-hydroxylation sites is 1. The zero-order valence-electron chi connectivity index (χ0n) is 26.5. The van der Waals surface area contributed by atoms with Gasteiger partial charge in [0, 0.05) is 53.3 Å². The molecule has 0 saturated carbocycles. The Labute approximate surface area is 287 Å². The van der Waals surface area contributed by atoms with Gasteiger partial charge < -0.3 is 9.32 Å². The van der Waals surface area contributed by atoms with Crippen LogP contribution in [0.3, 0.4) is 0 Å². The van der Waals surface area contributed by atoms with Gasteiger partial charge in [0.2, 0.25) is 0 Å². The largest absolute Gasteiger partial charge is 0.455 e. The highest BCUT2D eigenvalue weighted by atomic mass is 32.1. The highest BCUT2D eigenvalue weighted by Crippen LogP contribution is 2.45. The number of rotatable bonds is 5. The molecule has 2 heterocycles. The van der Waals surface area contributed by atoms with Crippen molar-refractivity contribution in [2.75, 3.05) is 4.90 Å². The molecule has 0 aliphatic rings. The standard InChI is InChI=1S/C46H29NOS/c1-2-12-30(13-3-1)35-17-6-8-21-41(35)47(34-25-27-39-38-19-7-9-23-43(38)49-44(39)29-34)33-16-10-15-32(28-33)36-20-11-22-42-45(36)40-26-24-31-14-4-5-18-37(31)46(40)48-42/h1-29H. The quantitative estimate of drug-likeness (QED) is 0.186. The van der Waals surface area contributed by atoms with Crippen LogP contribution in [0.2, 0.25) is 0 Å². The van der Waals surface area contributed by atoms with E-state index in [1.807, 2.05) is 11.3 Å². The van der Waals surface area contributed by atoms with Gasteiger partial charge in [-0.2, -0.15) is 0 Å². The molecule has 0 aliphatic heterocycles. The van der Waals surface area contributed by atoms with E-state index in [0.717, 1.165) is 55.5 Å². The molecule has 0 radical (unpaired) electrons. The predicted octanol–water partition coefficient (Wildman–Crippen LogP) is 13.9. The fraction of sp³-hybridized carbons (Fsp3) is 0. The summed E-state index contributed by atoms with van der Waals surface area (Å²) in [5.41, 5.74) is 9.85. The van der Waals surface area contributed by atoms with Crippen molar-refractivity contribution >= 4 is 81.3 Å². The average molecular weight is 644 g/mol. The number of anilines is 3. The fourth-order valence-electron chi connectivity index (χ4n) is 7.42. The van der Waals surface area contributed by atoms with Crippen LogP contribution in [0.4, 0.5) is 17.1 Å². The van der Waals surface area contributed by atoms with Gasteiger partial charge in [-0.25, -0.2) is 0 Å². The van der Waals surface area contributed by atoms with Crippen LogP contribution < -0.4 is 4.90 Å². The van der Waals surface area contributed by atoms with E-state index >= 15 is 0 Å². The summed E-state index contributed by atoms with van der Waals surface area (Å²) in [5, 5.41) is 7.19. The number of fused-ring (bicyclic) bond motifs is 8. The minimum atomic E-state index is 0.899. The molecule has 0 N–H and O–H groups in total. The summed E-state index contributed by atoms with van der Waals surface area (Å²) in [6.07, 6.45) is 0. The van der Waals surface area contributed by atoms with Crippen molar-refractivity contribution in [1.82, 2.24) is 0 Å². The van der Waals surface area contributed by atoms with Gasteiger partial charge in [-0.1, -0.05) is 127 Å². The van der Waals surface area contributed by atoms with Crippen LogP contribution in [0.25, 0.3) is 75.1 Å². The normalized spacial score (nSPS) is 11.7. The molecule has 2 nitrogen and oxygen atoms in total. The molecule has 2 aromatic heterocycles. The van der Waals surface area contributed by atoms with E-state index in [-0.39, 0.29) is 0 Å². The zero-order chi connectivity index (χ0) is 32.3. The molecular formula is C46H29NOS. The first-order chi connectivity index (χ1) is 24.3. The van der Waals surface area contributed by atoms with Gasteiger partial charge in [0.25, 0.3) is 0 Å². The van der Waals surface area contributed by atoms with Gasteiger partial charge in [0.05, 0.1) is 5.69 Å². The molecule has 0 aliphatic carbocycles. The Morgan fingerprint density at radius 3 is 2.06 bits per heavy atom. The van der Waals surface area contributed by atoms with Crippen molar-refractivity contribution in [3.05, 3.63) is 176 Å². The Bertz CT molecular complexity index is 2840. The van der Waals surface area contributed by atoms with Gasteiger partial charge in [0.15, 0.2) is 0 Å². The van der Waals surface area contributed by atoms with Crippen LogP contribution in [-0.4, -0.2) is 0 Å². The molecule has 10 aromatic rings. The van der Waals surface area contributed by atoms with E-state index < -0.39 is 0 Å². The van der Waals surface area contributed by atoms with Crippen molar-refractivity contribution in [3.63, 3.8) is 0 Å². The van der Waals surface area contributed by atoms with Crippen molar-refractivity contribution in [2.45, 2.75) is 0 Å². The molecule has 0 saturated heterocycles. The molecule has 49 heavy (non-hydrogen) atoms. The first kappa shape index (κ1) is 27.9. The molecule has 0 atom stereocenters. The minimum Gasteiger partial charge on any atom is -0.455 e. The summed E-state index contributed by atoms with van der Waals surface area (Å²) < 4.78 is 9.15. The predicted molar refractivity (Wildman–Crippen MR) is 210 cm³/mol. The van der Waals surface area contributed by atoms with Gasteiger partial charge >= 0.3 is 0 Å². The number of benzene rings is 8. The monoisotopic (exact) mass is 643 g/mol. The molecule has 0 unspecified atom stereocenters. The van der Waals surface area contributed by atoms with Crippen LogP contribution >= 0.6 is 11.3 Å². The van der Waals surface area contributed by atoms with Crippen molar-refractivity contribution < 1.29 is 4.42 Å². The highest BCUT2D eigenvalue weighted by Gasteiger charge is 2.20. The minimum absolute atomic E-state index is 0.899. The lowest BCUT2D eigenvalue weighted by atomic mass is 9.97. The Hall–Kier alpha value is -6.16. The van der Waals surface area contributed by atoms with Crippen LogP contribution in [0, 0.1) is 0 Å². The maximum atomic E-state index is 6.57. The van der Waals surface area contributed by atoms with Gasteiger partial charge in [-0.3, -0.25) is 0 Å². The molecule has 0 bridgehead atoms. The Kier molecular flexibility index (Phi) is 6.39. The van der Waals surface area contributed by atoms with Crippen LogP contribution in [0.15, 0.2) is 180 Å². The van der Waals surface area contributed by atoms with Gasteiger partial charge in [0.1, 0.15) is 11.2 Å². The third-order valence-corrected chi connectivity index (χ3v) is 10.8. The van der Waals surface area contributed by atoms with Gasteiger partial charge in [-0.15, -0.1) is 11.3 Å². The molecule has 0 amide bonds. The fourth-order valence-corrected chi connectivity index (χ4v) is 8.56. The lowest BCUT2D eigenvalue weighted by Gasteiger charge is -2.28. The molecule has 3 heteroatoms. The molecule has 8 aromatic carbocycles. The Morgan fingerprint density at radius 1 is 0.429 bits per heavy atom. The van der Waals surface area contributed by atoms with Crippen LogP contribution in [0.1, 0.15) is 0 Å². The third-order valence-electron chi connectivity index (χ3n) is 9.65. The highest BCUT2D eigenvalue weighted by molar-refractivity contribution is 7.25. The zero-order valence-corrected chi connectivity index (χ0v) is 27.3. The second-order valence-corrected chi connectivity index (χ2v) is 13.6. The topological polar surface area (TPSA) is 16.4 Å². The number of hydrogen-bond acceptors (Lipinski definition) is 3. The summed E-state index contributed by atoms with van der Waals surface area (Å²) in [6.45, 7) is 0. The summed E-state index contributed by atoms with van der Waals surface area (Å²) in [5.74, 6) is 0. The van der Waals surface area contributed by atoms with E-state index in [1.54, 1.807) is 0 Å². The van der Waals surface area contributed by atoms with E-state index in [2.05, 4.69) is 181 Å². The first-order valence-electron chi connectivity index (χ1n) is 16.6. The van der Waals surface area contributed by atoms with Crippen molar-refractivity contribution in [2.24, 2.45) is 0 Å². The van der Waals surface area contributed by atoms with Crippen molar-refractivity contribution in [3.8, 4) is 22.3 Å². The van der Waals surface area contributed by atoms with E-state index in [0.29, 0.717) is 0 Å². The second kappa shape index (κ2) is 11.2. The van der Waals surface area contributed by atoms with E-state index in [9.17, 15) is 0 Å². The second-order valence-electron chi connectivity index (χ2n) is 12.5. The third kappa shape index (κ3) is 4.55. The lowest BCUT2D eigenvalue weighted by molar-refractivity contribution is 0.673. The summed E-state index contributed by atoms with van der Waals surface area (Å²) >= 11 is 1.85. The SMILES string of the molecule is c1ccc(-c2ccccc2N(c2cccc(-c3cccc4oc5c6ccccc6ccc5c34)c2)c2ccc3c(c2)sc2ccccc23)cc1. The summed E-state index contributed by atoms with van der Waals surface area (Å²) in [4.78, 5) is 2.41. The molecular weight excluding hydrogens is 615 g/mol.